The molecule has 1 aliphatic rings. The molecule has 0 atom stereocenters. The molecule has 3 heterocycles. The highest BCUT2D eigenvalue weighted by molar-refractivity contribution is 7.21. The summed E-state index contributed by atoms with van der Waals surface area (Å²) < 4.78 is 5.95. The smallest absolute Gasteiger partial charge is 0.287 e. The Hall–Kier alpha value is -5.00. The molecule has 2 aromatic heterocycles. The van der Waals surface area contributed by atoms with Crippen molar-refractivity contribution in [2.45, 2.75) is 32.7 Å². The summed E-state index contributed by atoms with van der Waals surface area (Å²) in [5.41, 5.74) is 9.63. The van der Waals surface area contributed by atoms with Crippen molar-refractivity contribution in [3.63, 3.8) is 0 Å². The lowest BCUT2D eigenvalue weighted by atomic mass is 9.84. The minimum Gasteiger partial charge on any atom is -0.347 e. The molecule has 4 nitrogen and oxygen atoms in total. The first-order valence-electron chi connectivity index (χ1n) is 15.5. The van der Waals surface area contributed by atoms with Gasteiger partial charge in [0.25, 0.3) is 5.82 Å². The normalized spacial score (nSPS) is 15.6. The van der Waals surface area contributed by atoms with E-state index in [0.29, 0.717) is 0 Å². The van der Waals surface area contributed by atoms with Gasteiger partial charge in [-0.25, -0.2) is 9.55 Å². The number of anilines is 1. The van der Waals surface area contributed by atoms with E-state index in [1.165, 1.54) is 32.7 Å². The van der Waals surface area contributed by atoms with Crippen molar-refractivity contribution in [2.75, 3.05) is 11.9 Å². The SMILES string of the molecule is CC[n+]1c(/C=C/C=C/C=C/C=C2\N(C)c3ccccc3C2(C)C)n(-c2ccccc2)c2ccc(-c3nc4ccccc4s3)cc21. The average molecular weight is 606 g/mol. The van der Waals surface area contributed by atoms with E-state index in [2.05, 4.69) is 175 Å². The highest BCUT2D eigenvalue weighted by atomic mass is 32.1. The minimum atomic E-state index is -0.0230. The van der Waals surface area contributed by atoms with Crippen LogP contribution in [0.1, 0.15) is 32.2 Å². The molecule has 0 unspecified atom stereocenters. The number of imidazole rings is 1. The van der Waals surface area contributed by atoms with Gasteiger partial charge in [0.05, 0.1) is 16.8 Å². The Balaban J connectivity index is 1.21. The Labute approximate surface area is 269 Å². The summed E-state index contributed by atoms with van der Waals surface area (Å²) in [5.74, 6) is 1.13. The number of fused-ring (bicyclic) bond motifs is 3. The lowest BCUT2D eigenvalue weighted by Gasteiger charge is -2.23. The number of nitrogens with zero attached hydrogens (tertiary/aromatic N) is 4. The molecule has 5 heteroatoms. The Morgan fingerprint density at radius 1 is 0.822 bits per heavy atom. The fourth-order valence-corrected chi connectivity index (χ4v) is 7.51. The monoisotopic (exact) mass is 605 g/mol. The van der Waals surface area contributed by atoms with E-state index in [1.807, 2.05) is 6.07 Å². The van der Waals surface area contributed by atoms with Crippen LogP contribution in [0.15, 0.2) is 139 Å². The standard InChI is InChI=1S/C40H37N4S/c1-5-43-35-28-29(39-41-32-21-15-17-23-36(32)45-39)26-27-34(35)44(30-18-10-9-11-19-30)38(43)25-13-8-6-7-12-24-37-40(2,3)31-20-14-16-22-33(31)42(37)4/h6-28H,5H2,1-4H3/q+1. The first-order chi connectivity index (χ1) is 22.0. The minimum absolute atomic E-state index is 0.0230. The molecule has 45 heavy (non-hydrogen) atoms. The molecule has 6 aromatic rings. The molecule has 0 radical (unpaired) electrons. The van der Waals surface area contributed by atoms with Crippen LogP contribution in [0.4, 0.5) is 5.69 Å². The van der Waals surface area contributed by atoms with Gasteiger partial charge in [0.1, 0.15) is 10.7 Å². The molecule has 0 fully saturated rings. The van der Waals surface area contributed by atoms with E-state index < -0.39 is 0 Å². The van der Waals surface area contributed by atoms with Crippen molar-refractivity contribution in [2.24, 2.45) is 0 Å². The number of likely N-dealkylation sites (N-methyl/N-ethyl adjacent to an activating group) is 1. The number of allylic oxidation sites excluding steroid dienone is 7. The Morgan fingerprint density at radius 3 is 2.36 bits per heavy atom. The van der Waals surface area contributed by atoms with Crippen molar-refractivity contribution >= 4 is 44.4 Å². The van der Waals surface area contributed by atoms with Gasteiger partial charge in [-0.05, 0) is 67.1 Å². The summed E-state index contributed by atoms with van der Waals surface area (Å²) in [5, 5.41) is 1.05. The third-order valence-electron chi connectivity index (χ3n) is 8.77. The molecule has 0 saturated heterocycles. The molecule has 0 bridgehead atoms. The van der Waals surface area contributed by atoms with Crippen LogP contribution in [0.5, 0.6) is 0 Å². The van der Waals surface area contributed by atoms with Crippen molar-refractivity contribution < 1.29 is 4.57 Å². The van der Waals surface area contributed by atoms with Crippen molar-refractivity contribution in [3.8, 4) is 16.3 Å². The third kappa shape index (κ3) is 5.13. The van der Waals surface area contributed by atoms with Crippen molar-refractivity contribution in [1.29, 1.82) is 0 Å². The lowest BCUT2D eigenvalue weighted by Crippen LogP contribution is -2.35. The zero-order chi connectivity index (χ0) is 31.0. The van der Waals surface area contributed by atoms with Gasteiger partial charge in [0.2, 0.25) is 0 Å². The van der Waals surface area contributed by atoms with Gasteiger partial charge in [-0.2, -0.15) is 4.57 Å². The first-order valence-corrected chi connectivity index (χ1v) is 16.3. The van der Waals surface area contributed by atoms with E-state index in [-0.39, 0.29) is 5.41 Å². The zero-order valence-electron chi connectivity index (χ0n) is 26.2. The molecule has 4 aromatic carbocycles. The summed E-state index contributed by atoms with van der Waals surface area (Å²) in [6.07, 6.45) is 15.0. The molecule has 0 N–H and O–H groups in total. The fourth-order valence-electron chi connectivity index (χ4n) is 6.55. The predicted molar refractivity (Wildman–Crippen MR) is 191 cm³/mol. The van der Waals surface area contributed by atoms with E-state index in [1.54, 1.807) is 11.3 Å². The van der Waals surface area contributed by atoms with Crippen LogP contribution in [-0.2, 0) is 12.0 Å². The topological polar surface area (TPSA) is 24.9 Å². The van der Waals surface area contributed by atoms with Crippen LogP contribution in [0.2, 0.25) is 0 Å². The molecule has 0 aliphatic carbocycles. The fraction of sp³-hybridized carbons (Fsp3) is 0.150. The van der Waals surface area contributed by atoms with Crippen LogP contribution in [0.25, 0.3) is 43.6 Å². The molecule has 1 aliphatic heterocycles. The maximum Gasteiger partial charge on any atom is 0.287 e. The summed E-state index contributed by atoms with van der Waals surface area (Å²) in [4.78, 5) is 7.23. The van der Waals surface area contributed by atoms with Gasteiger partial charge in [0.15, 0.2) is 11.0 Å². The van der Waals surface area contributed by atoms with Gasteiger partial charge in [-0.3, -0.25) is 0 Å². The number of hydrogen-bond acceptors (Lipinski definition) is 3. The van der Waals surface area contributed by atoms with Gasteiger partial charge in [-0.1, -0.05) is 92.8 Å². The number of thiazole rings is 1. The van der Waals surface area contributed by atoms with Crippen molar-refractivity contribution in [3.05, 3.63) is 151 Å². The second-order valence-corrected chi connectivity index (χ2v) is 12.9. The number of hydrogen-bond donors (Lipinski definition) is 0. The highest BCUT2D eigenvalue weighted by Crippen LogP contribution is 2.46. The number of benzene rings is 4. The lowest BCUT2D eigenvalue weighted by molar-refractivity contribution is -0.670. The highest BCUT2D eigenvalue weighted by Gasteiger charge is 2.37. The molecule has 222 valence electrons. The summed E-state index contributed by atoms with van der Waals surface area (Å²) >= 11 is 1.74. The zero-order valence-corrected chi connectivity index (χ0v) is 27.0. The molecule has 0 amide bonds. The Morgan fingerprint density at radius 2 is 1.56 bits per heavy atom. The number of aromatic nitrogens is 3. The van der Waals surface area contributed by atoms with E-state index in [9.17, 15) is 0 Å². The summed E-state index contributed by atoms with van der Waals surface area (Å²) in [6, 6.07) is 34.4. The quantitative estimate of drug-likeness (QED) is 0.134. The molecule has 0 saturated carbocycles. The van der Waals surface area contributed by atoms with E-state index in [0.717, 1.165) is 34.1 Å². The van der Waals surface area contributed by atoms with E-state index in [4.69, 9.17) is 4.98 Å². The van der Waals surface area contributed by atoms with Crippen LogP contribution in [-0.4, -0.2) is 16.6 Å². The predicted octanol–water partition coefficient (Wildman–Crippen LogP) is 9.65. The number of para-hydroxylation sites is 3. The van der Waals surface area contributed by atoms with Gasteiger partial charge < -0.3 is 4.90 Å². The number of aryl methyl sites for hydroxylation is 1. The molecular formula is C40H37N4S+. The Bertz CT molecular complexity index is 2110. The average Bonchev–Trinajstić information content (AvgIpc) is 3.69. The summed E-state index contributed by atoms with van der Waals surface area (Å²) in [6.45, 7) is 7.65. The molecule has 7 rings (SSSR count). The summed E-state index contributed by atoms with van der Waals surface area (Å²) in [7, 11) is 2.16. The maximum absolute atomic E-state index is 4.93. The van der Waals surface area contributed by atoms with Crippen molar-refractivity contribution in [1.82, 2.24) is 9.55 Å². The molecule has 0 spiro atoms. The van der Waals surface area contributed by atoms with Crippen LogP contribution < -0.4 is 9.47 Å². The largest absolute Gasteiger partial charge is 0.347 e. The van der Waals surface area contributed by atoms with Gasteiger partial charge >= 0.3 is 0 Å². The van der Waals surface area contributed by atoms with Crippen LogP contribution in [0, 0.1) is 0 Å². The second-order valence-electron chi connectivity index (χ2n) is 11.8. The first kappa shape index (κ1) is 28.8. The Kier molecular flexibility index (Phi) is 7.56. The van der Waals surface area contributed by atoms with Crippen LogP contribution >= 0.6 is 11.3 Å². The maximum atomic E-state index is 4.93. The van der Waals surface area contributed by atoms with E-state index >= 15 is 0 Å². The van der Waals surface area contributed by atoms with Gasteiger partial charge in [-0.15, -0.1) is 11.3 Å². The number of rotatable bonds is 7. The van der Waals surface area contributed by atoms with Gasteiger partial charge in [0, 0.05) is 35.5 Å². The second kappa shape index (κ2) is 11.8. The van der Waals surface area contributed by atoms with Crippen LogP contribution in [0.3, 0.4) is 0 Å². The molecular weight excluding hydrogens is 569 g/mol. The third-order valence-corrected chi connectivity index (χ3v) is 9.85.